The van der Waals surface area contributed by atoms with Gasteiger partial charge in [0, 0.05) is 60.2 Å². The van der Waals surface area contributed by atoms with Crippen molar-refractivity contribution in [3.8, 4) is 17.0 Å². The second-order valence-corrected chi connectivity index (χ2v) is 12.8. The predicted molar refractivity (Wildman–Crippen MR) is 148 cm³/mol. The molecular formula is C30H29ClFN5O3. The molecule has 2 aromatic heterocycles. The SMILES string of the molecule is CN1CC2(COc3ccc(-c4cc(F)c(NCC56C[C@@H]7c8c[nH]c(=O)cc8C[C@H]5N7C6=O)cc4Cl)cn3)CC1C2. The number of nitrogens with one attached hydrogen (secondary N) is 2. The molecule has 10 heteroatoms. The number of aromatic nitrogens is 2. The summed E-state index contributed by atoms with van der Waals surface area (Å²) in [5.41, 5.74) is 3.01. The van der Waals surface area contributed by atoms with E-state index < -0.39 is 11.2 Å². The van der Waals surface area contributed by atoms with Gasteiger partial charge in [0.05, 0.1) is 34.8 Å². The van der Waals surface area contributed by atoms with Crippen LogP contribution in [0.2, 0.25) is 5.02 Å². The maximum absolute atomic E-state index is 15.3. The number of nitrogens with zero attached hydrogens (tertiary/aromatic N) is 3. The summed E-state index contributed by atoms with van der Waals surface area (Å²) in [5.74, 6) is 0.191. The van der Waals surface area contributed by atoms with Crippen molar-refractivity contribution in [2.45, 2.75) is 43.8 Å². The van der Waals surface area contributed by atoms with Gasteiger partial charge in [-0.25, -0.2) is 9.37 Å². The standard InChI is InChI=1S/C30H29ClFN5O3/c1-36-14-29(8-18(36)9-29)15-40-27-3-2-16(11-34-27)19-6-22(32)23(7-21(19)31)35-13-30-10-24-20-12-33-26(38)5-17(20)4-25(30)37(24)28(30)39/h2-3,5-7,11-12,18,24-25,35H,4,8-10,13-15H2,1H3,(H,33,38)/t18?,24-,25-,29?,30?/m1/s1. The van der Waals surface area contributed by atoms with Crippen LogP contribution < -0.4 is 15.6 Å². The first-order valence-corrected chi connectivity index (χ1v) is 14.2. The van der Waals surface area contributed by atoms with Crippen molar-refractivity contribution >= 4 is 23.2 Å². The molecule has 0 spiro atoms. The summed E-state index contributed by atoms with van der Waals surface area (Å²) < 4.78 is 21.3. The second-order valence-electron chi connectivity index (χ2n) is 12.4. The Bertz CT molecular complexity index is 1620. The lowest BCUT2D eigenvalue weighted by Crippen LogP contribution is -2.66. The molecule has 1 amide bonds. The number of H-pyrrole nitrogens is 1. The highest BCUT2D eigenvalue weighted by Gasteiger charge is 2.71. The summed E-state index contributed by atoms with van der Waals surface area (Å²) in [5, 5.41) is 3.57. The van der Waals surface area contributed by atoms with Gasteiger partial charge in [-0.2, -0.15) is 0 Å². The van der Waals surface area contributed by atoms with Crippen LogP contribution in [0.5, 0.6) is 5.88 Å². The number of anilines is 1. The van der Waals surface area contributed by atoms with Crippen LogP contribution in [0.25, 0.3) is 11.1 Å². The lowest BCUT2D eigenvalue weighted by Gasteiger charge is -2.51. The van der Waals surface area contributed by atoms with E-state index in [0.29, 0.717) is 54.1 Å². The molecule has 8 heterocycles. The van der Waals surface area contributed by atoms with Gasteiger partial charge >= 0.3 is 0 Å². The summed E-state index contributed by atoms with van der Waals surface area (Å²) >= 11 is 6.62. The number of pyridine rings is 2. The van der Waals surface area contributed by atoms with E-state index in [4.69, 9.17) is 16.3 Å². The van der Waals surface area contributed by atoms with E-state index in [1.807, 2.05) is 11.0 Å². The van der Waals surface area contributed by atoms with Gasteiger partial charge in [-0.3, -0.25) is 9.59 Å². The molecule has 8 nitrogen and oxygen atoms in total. The summed E-state index contributed by atoms with van der Waals surface area (Å²) in [6, 6.07) is 8.93. The molecule has 6 aliphatic heterocycles. The molecule has 6 fully saturated rings. The van der Waals surface area contributed by atoms with Crippen molar-refractivity contribution in [1.82, 2.24) is 19.8 Å². The first-order chi connectivity index (χ1) is 19.3. The van der Waals surface area contributed by atoms with E-state index in [1.165, 1.54) is 18.9 Å². The summed E-state index contributed by atoms with van der Waals surface area (Å²) in [6.07, 6.45) is 7.04. The third kappa shape index (κ3) is 3.37. The van der Waals surface area contributed by atoms with E-state index in [2.05, 4.69) is 27.2 Å². The molecule has 0 radical (unpaired) electrons. The monoisotopic (exact) mass is 561 g/mol. The Labute approximate surface area is 235 Å². The van der Waals surface area contributed by atoms with Gasteiger partial charge in [0.1, 0.15) is 5.82 Å². The Morgan fingerprint density at radius 3 is 2.83 bits per heavy atom. The van der Waals surface area contributed by atoms with E-state index >= 15 is 4.39 Å². The minimum absolute atomic E-state index is 0.0105. The molecule has 6 bridgehead atoms. The molecule has 10 rings (SSSR count). The number of aromatic amines is 1. The fourth-order valence-electron chi connectivity index (χ4n) is 8.02. The van der Waals surface area contributed by atoms with Crippen molar-refractivity contribution in [2.75, 3.05) is 32.1 Å². The van der Waals surface area contributed by atoms with Crippen molar-refractivity contribution in [3.63, 3.8) is 0 Å². The fraction of sp³-hybridized carbons (Fsp3) is 0.433. The zero-order valence-corrected chi connectivity index (χ0v) is 22.8. The topological polar surface area (TPSA) is 90.6 Å². The van der Waals surface area contributed by atoms with E-state index in [1.54, 1.807) is 30.6 Å². The number of β-lactam (4-membered cyclic amide) rings is 1. The molecule has 1 aromatic carbocycles. The Hall–Kier alpha value is -3.43. The van der Waals surface area contributed by atoms with Gasteiger partial charge in [0.25, 0.3) is 0 Å². The van der Waals surface area contributed by atoms with Gasteiger partial charge in [-0.05, 0) is 62.1 Å². The third-order valence-electron chi connectivity index (χ3n) is 10.1. The molecule has 5 saturated heterocycles. The van der Waals surface area contributed by atoms with Gasteiger partial charge in [0.2, 0.25) is 17.3 Å². The smallest absolute Gasteiger partial charge is 0.248 e. The highest BCUT2D eigenvalue weighted by molar-refractivity contribution is 6.33. The average Bonchev–Trinajstić information content (AvgIpc) is 3.60. The number of carbonyl (C=O) groups is 1. The zero-order chi connectivity index (χ0) is 27.4. The van der Waals surface area contributed by atoms with E-state index in [-0.39, 0.29) is 34.7 Å². The Morgan fingerprint density at radius 2 is 2.08 bits per heavy atom. The molecule has 206 valence electrons. The molecule has 1 unspecified atom stereocenters. The summed E-state index contributed by atoms with van der Waals surface area (Å²) in [7, 11) is 2.17. The number of hydrogen-bond donors (Lipinski definition) is 2. The van der Waals surface area contributed by atoms with Crippen LogP contribution in [0.4, 0.5) is 10.1 Å². The highest BCUT2D eigenvalue weighted by atomic mass is 35.5. The lowest BCUT2D eigenvalue weighted by molar-refractivity contribution is -0.159. The number of benzene rings is 1. The minimum Gasteiger partial charge on any atom is -0.477 e. The number of halogens is 2. The van der Waals surface area contributed by atoms with Gasteiger partial charge in [-0.1, -0.05) is 11.6 Å². The molecular weight excluding hydrogens is 533 g/mol. The first kappa shape index (κ1) is 24.4. The van der Waals surface area contributed by atoms with Crippen LogP contribution in [0, 0.1) is 16.6 Å². The quantitative estimate of drug-likeness (QED) is 0.424. The van der Waals surface area contributed by atoms with Crippen molar-refractivity contribution in [3.05, 3.63) is 75.0 Å². The predicted octanol–water partition coefficient (Wildman–Crippen LogP) is 4.01. The van der Waals surface area contributed by atoms with Crippen molar-refractivity contribution < 1.29 is 13.9 Å². The molecule has 1 aliphatic carbocycles. The van der Waals surface area contributed by atoms with Crippen LogP contribution in [0.3, 0.4) is 0 Å². The Kier molecular flexibility index (Phi) is 5.06. The third-order valence-corrected chi connectivity index (χ3v) is 10.4. The molecule has 3 atom stereocenters. The van der Waals surface area contributed by atoms with Crippen LogP contribution in [-0.2, 0) is 11.2 Å². The molecule has 40 heavy (non-hydrogen) atoms. The zero-order valence-electron chi connectivity index (χ0n) is 22.0. The maximum atomic E-state index is 15.3. The highest BCUT2D eigenvalue weighted by Crippen LogP contribution is 2.62. The molecule has 7 aliphatic rings. The Balaban J connectivity index is 0.958. The van der Waals surface area contributed by atoms with Gasteiger partial charge < -0.3 is 24.8 Å². The molecule has 1 saturated carbocycles. The maximum Gasteiger partial charge on any atom is 0.248 e. The van der Waals surface area contributed by atoms with Crippen LogP contribution in [0.1, 0.15) is 36.4 Å². The fourth-order valence-corrected chi connectivity index (χ4v) is 8.29. The van der Waals surface area contributed by atoms with Crippen LogP contribution in [-0.4, -0.2) is 64.5 Å². The Morgan fingerprint density at radius 1 is 1.23 bits per heavy atom. The van der Waals surface area contributed by atoms with Crippen LogP contribution in [0.15, 0.2) is 47.5 Å². The van der Waals surface area contributed by atoms with Gasteiger partial charge in [-0.15, -0.1) is 0 Å². The van der Waals surface area contributed by atoms with Crippen molar-refractivity contribution in [1.29, 1.82) is 0 Å². The second kappa shape index (κ2) is 8.30. The lowest BCUT2D eigenvalue weighted by atomic mass is 9.71. The normalized spacial score (nSPS) is 31.0. The largest absolute Gasteiger partial charge is 0.477 e. The summed E-state index contributed by atoms with van der Waals surface area (Å²) in [6.45, 7) is 2.03. The number of rotatable bonds is 7. The molecule has 2 N–H and O–H groups in total. The first-order valence-electron chi connectivity index (χ1n) is 13.8. The minimum atomic E-state index is -0.613. The van der Waals surface area contributed by atoms with E-state index in [9.17, 15) is 9.59 Å². The van der Waals surface area contributed by atoms with Crippen molar-refractivity contribution in [2.24, 2.45) is 10.8 Å². The van der Waals surface area contributed by atoms with Gasteiger partial charge in [0.15, 0.2) is 0 Å². The summed E-state index contributed by atoms with van der Waals surface area (Å²) in [4.78, 5) is 36.4. The number of hydrogen-bond acceptors (Lipinski definition) is 6. The number of amides is 1. The number of ether oxygens (including phenoxy) is 1. The number of carbonyl (C=O) groups excluding carboxylic acids is 1. The number of fused-ring (bicyclic) bond motifs is 2. The average molecular weight is 562 g/mol. The van der Waals surface area contributed by atoms with E-state index in [0.717, 1.165) is 17.7 Å². The van der Waals surface area contributed by atoms with Crippen LogP contribution >= 0.6 is 11.6 Å². The molecule has 3 aromatic rings.